The number of piperidine rings is 1. The predicted molar refractivity (Wildman–Crippen MR) is 113 cm³/mol. The number of pyridine rings is 1. The van der Waals surface area contributed by atoms with Crippen molar-refractivity contribution in [2.75, 3.05) is 26.3 Å². The van der Waals surface area contributed by atoms with Gasteiger partial charge >= 0.3 is 24.3 Å². The lowest BCUT2D eigenvalue weighted by Crippen LogP contribution is -2.52. The molecule has 0 aromatic carbocycles. The van der Waals surface area contributed by atoms with Gasteiger partial charge in [-0.1, -0.05) is 0 Å². The van der Waals surface area contributed by atoms with Gasteiger partial charge in [0.2, 0.25) is 0 Å². The van der Waals surface area contributed by atoms with E-state index in [1.807, 2.05) is 24.3 Å². The number of ether oxygens (including phenoxy) is 2. The van der Waals surface area contributed by atoms with E-state index in [2.05, 4.69) is 9.88 Å². The highest BCUT2D eigenvalue weighted by Crippen LogP contribution is 2.41. The first-order valence-electron chi connectivity index (χ1n) is 10.7. The van der Waals surface area contributed by atoms with Crippen molar-refractivity contribution >= 4 is 11.9 Å². The second-order valence-electron chi connectivity index (χ2n) is 8.13. The molecule has 0 spiro atoms. The minimum absolute atomic E-state index is 0.0701. The van der Waals surface area contributed by atoms with Crippen LogP contribution >= 0.6 is 0 Å². The Kier molecular flexibility index (Phi) is 10.3. The molecule has 2 atom stereocenters. The highest BCUT2D eigenvalue weighted by Gasteiger charge is 2.48. The van der Waals surface area contributed by atoms with Crippen LogP contribution in [0.15, 0.2) is 47.3 Å². The molecule has 0 aliphatic carbocycles. The number of carboxylic acid groups (broad SMARTS) is 2. The van der Waals surface area contributed by atoms with Gasteiger partial charge in [0, 0.05) is 31.3 Å². The summed E-state index contributed by atoms with van der Waals surface area (Å²) in [5.41, 5.74) is 0.0701. The molecule has 2 aromatic rings. The summed E-state index contributed by atoms with van der Waals surface area (Å²) in [6.07, 6.45) is -2.50. The SMILES string of the molecule is O=C(O)C(F)(F)F.O=C(O)C(F)(F)F.c1cncc(OC[C@@]23CCO[C@@H]2CCN(Cc2ccco2)C3)c1. The predicted octanol–water partition coefficient (Wildman–Crippen LogP) is 4.00. The van der Waals surface area contributed by atoms with Crippen LogP contribution in [-0.4, -0.2) is 76.8 Å². The highest BCUT2D eigenvalue weighted by atomic mass is 19.4. The van der Waals surface area contributed by atoms with E-state index in [-0.39, 0.29) is 5.41 Å². The largest absolute Gasteiger partial charge is 0.491 e. The molecular weight excluding hydrogens is 518 g/mol. The molecule has 0 radical (unpaired) electrons. The highest BCUT2D eigenvalue weighted by molar-refractivity contribution is 5.73. The molecule has 0 saturated carbocycles. The van der Waals surface area contributed by atoms with E-state index in [1.165, 1.54) is 0 Å². The number of furan rings is 1. The standard InChI is InChI=1S/C18H22N2O3.2C2HF3O2/c1-3-15(11-19-7-1)23-14-18-6-10-22-17(18)5-8-20(13-18)12-16-4-2-9-21-16;2*3-2(4,5)1(6)7/h1-4,7,9,11,17H,5-6,8,10,12-14H2;2*(H,6,7)/t17-,18+;;/m1../s1. The van der Waals surface area contributed by atoms with Crippen LogP contribution in [0.2, 0.25) is 0 Å². The molecule has 15 heteroatoms. The Hall–Kier alpha value is -3.33. The molecule has 2 aromatic heterocycles. The van der Waals surface area contributed by atoms with Crippen LogP contribution < -0.4 is 4.74 Å². The average molecular weight is 542 g/mol. The van der Waals surface area contributed by atoms with Gasteiger partial charge in [-0.15, -0.1) is 0 Å². The minimum atomic E-state index is -5.08. The molecule has 0 unspecified atom stereocenters. The van der Waals surface area contributed by atoms with Gasteiger partial charge in [-0.2, -0.15) is 26.3 Å². The molecule has 37 heavy (non-hydrogen) atoms. The molecule has 206 valence electrons. The van der Waals surface area contributed by atoms with Crippen LogP contribution in [0.1, 0.15) is 18.6 Å². The first kappa shape index (κ1) is 29.9. The molecule has 9 nitrogen and oxygen atoms in total. The number of rotatable bonds is 5. The Bertz CT molecular complexity index is 962. The van der Waals surface area contributed by atoms with Crippen molar-refractivity contribution in [2.45, 2.75) is 37.8 Å². The number of fused-ring (bicyclic) bond motifs is 1. The van der Waals surface area contributed by atoms with E-state index in [1.54, 1.807) is 18.7 Å². The molecule has 2 N–H and O–H groups in total. The Labute approximate surface area is 206 Å². The normalized spacial score (nSPS) is 21.5. The summed E-state index contributed by atoms with van der Waals surface area (Å²) in [6.45, 7) is 4.39. The van der Waals surface area contributed by atoms with Crippen LogP contribution in [0.4, 0.5) is 26.3 Å². The number of carbonyl (C=O) groups is 2. The van der Waals surface area contributed by atoms with E-state index in [0.717, 1.165) is 50.6 Å². The van der Waals surface area contributed by atoms with Gasteiger partial charge in [0.1, 0.15) is 11.5 Å². The number of hydrogen-bond acceptors (Lipinski definition) is 7. The van der Waals surface area contributed by atoms with Crippen molar-refractivity contribution in [2.24, 2.45) is 5.41 Å². The first-order valence-corrected chi connectivity index (χ1v) is 10.7. The maximum Gasteiger partial charge on any atom is 0.490 e. The maximum absolute atomic E-state index is 10.6. The van der Waals surface area contributed by atoms with Crippen molar-refractivity contribution in [3.05, 3.63) is 48.7 Å². The third-order valence-corrected chi connectivity index (χ3v) is 5.45. The monoisotopic (exact) mass is 542 g/mol. The fourth-order valence-electron chi connectivity index (χ4n) is 3.77. The van der Waals surface area contributed by atoms with Crippen LogP contribution in [0, 0.1) is 5.41 Å². The van der Waals surface area contributed by atoms with Gasteiger partial charge < -0.3 is 24.1 Å². The summed E-state index contributed by atoms with van der Waals surface area (Å²) in [4.78, 5) is 24.4. The van der Waals surface area contributed by atoms with Crippen molar-refractivity contribution in [1.82, 2.24) is 9.88 Å². The van der Waals surface area contributed by atoms with Gasteiger partial charge in [0.05, 0.1) is 31.7 Å². The van der Waals surface area contributed by atoms with Crippen molar-refractivity contribution < 1.29 is 60.0 Å². The first-order chi connectivity index (χ1) is 17.2. The van der Waals surface area contributed by atoms with E-state index in [4.69, 9.17) is 33.7 Å². The summed E-state index contributed by atoms with van der Waals surface area (Å²) in [6, 6.07) is 7.84. The Balaban J connectivity index is 0.000000286. The number of alkyl halides is 6. The number of nitrogens with zero attached hydrogens (tertiary/aromatic N) is 2. The number of carboxylic acids is 2. The van der Waals surface area contributed by atoms with Crippen molar-refractivity contribution in [3.63, 3.8) is 0 Å². The number of likely N-dealkylation sites (tertiary alicyclic amines) is 1. The van der Waals surface area contributed by atoms with Crippen LogP contribution in [0.25, 0.3) is 0 Å². The third kappa shape index (κ3) is 9.57. The Morgan fingerprint density at radius 2 is 1.76 bits per heavy atom. The van der Waals surface area contributed by atoms with Gasteiger partial charge in [0.15, 0.2) is 0 Å². The Morgan fingerprint density at radius 3 is 2.27 bits per heavy atom. The summed E-state index contributed by atoms with van der Waals surface area (Å²) in [5.74, 6) is -3.67. The quantitative estimate of drug-likeness (QED) is 0.540. The minimum Gasteiger partial charge on any atom is -0.491 e. The smallest absolute Gasteiger partial charge is 0.490 e. The maximum atomic E-state index is 10.6. The second kappa shape index (κ2) is 12.8. The third-order valence-electron chi connectivity index (χ3n) is 5.45. The number of hydrogen-bond donors (Lipinski definition) is 2. The molecule has 4 rings (SSSR count). The lowest BCUT2D eigenvalue weighted by Gasteiger charge is -2.43. The molecule has 2 aliphatic rings. The van der Waals surface area contributed by atoms with E-state index < -0.39 is 24.3 Å². The average Bonchev–Trinajstić information content (AvgIpc) is 3.48. The number of aliphatic carboxylic acids is 2. The number of aromatic nitrogens is 1. The summed E-state index contributed by atoms with van der Waals surface area (Å²) < 4.78 is 81.0. The lowest BCUT2D eigenvalue weighted by molar-refractivity contribution is -0.193. The van der Waals surface area contributed by atoms with Crippen molar-refractivity contribution in [3.8, 4) is 5.75 Å². The summed E-state index contributed by atoms with van der Waals surface area (Å²) in [5, 5.41) is 14.2. The van der Waals surface area contributed by atoms with Crippen LogP contribution in [-0.2, 0) is 20.9 Å². The molecule has 2 fully saturated rings. The zero-order valence-electron chi connectivity index (χ0n) is 19.2. The fourth-order valence-corrected chi connectivity index (χ4v) is 3.77. The van der Waals surface area contributed by atoms with E-state index in [0.29, 0.717) is 12.7 Å². The second-order valence-corrected chi connectivity index (χ2v) is 8.13. The van der Waals surface area contributed by atoms with Gasteiger partial charge in [-0.3, -0.25) is 9.88 Å². The van der Waals surface area contributed by atoms with Gasteiger partial charge in [-0.05, 0) is 37.1 Å². The van der Waals surface area contributed by atoms with Crippen LogP contribution in [0.3, 0.4) is 0 Å². The molecular formula is C22H24F6N2O7. The lowest BCUT2D eigenvalue weighted by atomic mass is 9.77. The van der Waals surface area contributed by atoms with Gasteiger partial charge in [0.25, 0.3) is 0 Å². The fraction of sp³-hybridized carbons (Fsp3) is 0.500. The number of halogens is 6. The summed E-state index contributed by atoms with van der Waals surface area (Å²) in [7, 11) is 0. The molecule has 0 amide bonds. The van der Waals surface area contributed by atoms with Gasteiger partial charge in [-0.25, -0.2) is 9.59 Å². The zero-order valence-corrected chi connectivity index (χ0v) is 19.2. The zero-order chi connectivity index (χ0) is 27.7. The van der Waals surface area contributed by atoms with E-state index >= 15 is 0 Å². The van der Waals surface area contributed by atoms with Crippen LogP contribution in [0.5, 0.6) is 5.75 Å². The molecule has 2 aliphatic heterocycles. The molecule has 0 bridgehead atoms. The van der Waals surface area contributed by atoms with E-state index in [9.17, 15) is 26.3 Å². The van der Waals surface area contributed by atoms with Crippen molar-refractivity contribution in [1.29, 1.82) is 0 Å². The molecule has 4 heterocycles. The Morgan fingerprint density at radius 1 is 1.11 bits per heavy atom. The summed E-state index contributed by atoms with van der Waals surface area (Å²) >= 11 is 0. The topological polar surface area (TPSA) is 122 Å². The molecule has 2 saturated heterocycles.